The van der Waals surface area contributed by atoms with Gasteiger partial charge in [-0.3, -0.25) is 0 Å². The molecular formula is C21H28N8O. The van der Waals surface area contributed by atoms with Gasteiger partial charge in [0.25, 0.3) is 0 Å². The zero-order chi connectivity index (χ0) is 20.6. The van der Waals surface area contributed by atoms with E-state index in [-0.39, 0.29) is 5.60 Å². The van der Waals surface area contributed by atoms with Gasteiger partial charge in [-0.15, -0.1) is 0 Å². The fraction of sp³-hybridized carbons (Fsp3) is 0.524. The predicted molar refractivity (Wildman–Crippen MR) is 116 cm³/mol. The van der Waals surface area contributed by atoms with Crippen LogP contribution in [0.5, 0.6) is 0 Å². The number of pyridine rings is 1. The molecule has 2 aliphatic heterocycles. The van der Waals surface area contributed by atoms with Crippen molar-refractivity contribution in [1.29, 1.82) is 0 Å². The maximum atomic E-state index is 6.09. The van der Waals surface area contributed by atoms with Crippen molar-refractivity contribution in [3.05, 3.63) is 30.9 Å². The van der Waals surface area contributed by atoms with Crippen LogP contribution in [0.25, 0.3) is 11.0 Å². The molecule has 0 radical (unpaired) electrons. The third kappa shape index (κ3) is 3.70. The standard InChI is InChI=1S/C21H28N8O/c1-15(2)29-14-25-16-12-24-19(11-17(16)29)26-18-3-6-23-20(27-18)28-8-4-21(5-9-28)13-22-7-10-30-21/h3,6,11-12,14-15,22H,4-5,7-10,13H2,1-2H3,(H,23,24,26,27). The third-order valence-corrected chi connectivity index (χ3v) is 6.01. The summed E-state index contributed by atoms with van der Waals surface area (Å²) < 4.78 is 8.23. The van der Waals surface area contributed by atoms with E-state index in [1.165, 1.54) is 0 Å². The Morgan fingerprint density at radius 2 is 2.03 bits per heavy atom. The van der Waals surface area contributed by atoms with Gasteiger partial charge < -0.3 is 24.8 Å². The third-order valence-electron chi connectivity index (χ3n) is 6.01. The van der Waals surface area contributed by atoms with E-state index in [4.69, 9.17) is 9.72 Å². The Bertz CT molecular complexity index is 1020. The molecule has 2 aliphatic rings. The molecule has 9 heteroatoms. The number of morpholine rings is 1. The first-order valence-corrected chi connectivity index (χ1v) is 10.6. The molecular weight excluding hydrogens is 380 g/mol. The van der Waals surface area contributed by atoms with Gasteiger partial charge in [0, 0.05) is 44.5 Å². The topological polar surface area (TPSA) is 93.0 Å². The van der Waals surface area contributed by atoms with Gasteiger partial charge in [0.05, 0.1) is 30.2 Å². The number of nitrogens with zero attached hydrogens (tertiary/aromatic N) is 6. The summed E-state index contributed by atoms with van der Waals surface area (Å²) in [7, 11) is 0. The Hall–Kier alpha value is -2.78. The molecule has 0 bridgehead atoms. The van der Waals surface area contributed by atoms with Gasteiger partial charge >= 0.3 is 0 Å². The molecule has 1 spiro atoms. The predicted octanol–water partition coefficient (Wildman–Crippen LogP) is 2.50. The van der Waals surface area contributed by atoms with Crippen molar-refractivity contribution in [3.8, 4) is 0 Å². The van der Waals surface area contributed by atoms with Gasteiger partial charge in [-0.05, 0) is 32.8 Å². The molecule has 9 nitrogen and oxygen atoms in total. The van der Waals surface area contributed by atoms with Crippen LogP contribution < -0.4 is 15.5 Å². The second-order valence-electron chi connectivity index (χ2n) is 8.37. The lowest BCUT2D eigenvalue weighted by Gasteiger charge is -2.44. The molecule has 0 aliphatic carbocycles. The Morgan fingerprint density at radius 1 is 1.17 bits per heavy atom. The summed E-state index contributed by atoms with van der Waals surface area (Å²) in [6.07, 6.45) is 7.42. The van der Waals surface area contributed by atoms with Crippen LogP contribution in [0.4, 0.5) is 17.6 Å². The number of fused-ring (bicyclic) bond motifs is 1. The smallest absolute Gasteiger partial charge is 0.227 e. The second kappa shape index (κ2) is 7.81. The number of anilines is 3. The van der Waals surface area contributed by atoms with E-state index in [0.717, 1.165) is 74.2 Å². The van der Waals surface area contributed by atoms with E-state index in [9.17, 15) is 0 Å². The molecule has 2 N–H and O–H groups in total. The lowest BCUT2D eigenvalue weighted by molar-refractivity contribution is -0.0800. The number of hydrogen-bond acceptors (Lipinski definition) is 8. The van der Waals surface area contributed by atoms with Gasteiger partial charge in [-0.2, -0.15) is 4.98 Å². The minimum absolute atomic E-state index is 0.0245. The highest BCUT2D eigenvalue weighted by Gasteiger charge is 2.37. The SMILES string of the molecule is CC(C)n1cnc2cnc(Nc3ccnc(N4CCC5(CC4)CNCCO5)n3)cc21. The fourth-order valence-electron chi connectivity index (χ4n) is 4.25. The average Bonchev–Trinajstić information content (AvgIpc) is 3.19. The van der Waals surface area contributed by atoms with E-state index in [0.29, 0.717) is 6.04 Å². The van der Waals surface area contributed by atoms with Crippen LogP contribution in [-0.4, -0.2) is 62.9 Å². The molecule has 30 heavy (non-hydrogen) atoms. The van der Waals surface area contributed by atoms with Gasteiger partial charge in [0.15, 0.2) is 0 Å². The molecule has 0 saturated carbocycles. The van der Waals surface area contributed by atoms with Crippen molar-refractivity contribution in [2.75, 3.05) is 43.0 Å². The lowest BCUT2D eigenvalue weighted by Crippen LogP contribution is -2.55. The highest BCUT2D eigenvalue weighted by atomic mass is 16.5. The molecule has 3 aromatic rings. The van der Waals surface area contributed by atoms with E-state index in [1.807, 2.05) is 18.5 Å². The minimum atomic E-state index is -0.0245. The first-order chi connectivity index (χ1) is 14.6. The zero-order valence-electron chi connectivity index (χ0n) is 17.5. The molecule has 2 fully saturated rings. The zero-order valence-corrected chi connectivity index (χ0v) is 17.5. The van der Waals surface area contributed by atoms with Crippen LogP contribution in [0.1, 0.15) is 32.7 Å². The number of nitrogens with one attached hydrogen (secondary N) is 2. The van der Waals surface area contributed by atoms with Crippen LogP contribution in [0.2, 0.25) is 0 Å². The summed E-state index contributed by atoms with van der Waals surface area (Å²) in [5.74, 6) is 2.22. The van der Waals surface area contributed by atoms with E-state index in [1.54, 1.807) is 12.4 Å². The maximum Gasteiger partial charge on any atom is 0.227 e. The first kappa shape index (κ1) is 19.2. The molecule has 3 aromatic heterocycles. The van der Waals surface area contributed by atoms with Crippen LogP contribution in [0, 0.1) is 0 Å². The minimum Gasteiger partial charge on any atom is -0.372 e. The van der Waals surface area contributed by atoms with Crippen molar-refractivity contribution in [1.82, 2.24) is 29.8 Å². The molecule has 0 unspecified atom stereocenters. The Kier molecular flexibility index (Phi) is 5.00. The number of rotatable bonds is 4. The van der Waals surface area contributed by atoms with Crippen LogP contribution >= 0.6 is 0 Å². The molecule has 5 heterocycles. The Morgan fingerprint density at radius 3 is 2.80 bits per heavy atom. The number of hydrogen-bond donors (Lipinski definition) is 2. The van der Waals surface area contributed by atoms with Gasteiger partial charge in [-0.1, -0.05) is 0 Å². The highest BCUT2D eigenvalue weighted by molar-refractivity contribution is 5.78. The maximum absolute atomic E-state index is 6.09. The summed E-state index contributed by atoms with van der Waals surface area (Å²) in [5.41, 5.74) is 1.92. The van der Waals surface area contributed by atoms with E-state index >= 15 is 0 Å². The quantitative estimate of drug-likeness (QED) is 0.680. The average molecular weight is 409 g/mol. The van der Waals surface area contributed by atoms with Crippen molar-refractivity contribution in [3.63, 3.8) is 0 Å². The summed E-state index contributed by atoms with van der Waals surface area (Å²) in [6.45, 7) is 8.74. The van der Waals surface area contributed by atoms with Crippen molar-refractivity contribution < 1.29 is 4.74 Å². The molecule has 2 saturated heterocycles. The summed E-state index contributed by atoms with van der Waals surface area (Å²) in [5, 5.41) is 6.78. The van der Waals surface area contributed by atoms with Crippen LogP contribution in [-0.2, 0) is 4.74 Å². The second-order valence-corrected chi connectivity index (χ2v) is 8.37. The van der Waals surface area contributed by atoms with E-state index in [2.05, 4.69) is 48.9 Å². The summed E-state index contributed by atoms with van der Waals surface area (Å²) in [4.78, 5) is 20.4. The molecule has 0 atom stereocenters. The summed E-state index contributed by atoms with van der Waals surface area (Å²) >= 11 is 0. The number of imidazole rings is 1. The van der Waals surface area contributed by atoms with Crippen molar-refractivity contribution >= 4 is 28.6 Å². The monoisotopic (exact) mass is 408 g/mol. The van der Waals surface area contributed by atoms with E-state index < -0.39 is 0 Å². The number of piperidine rings is 1. The molecule has 0 aromatic carbocycles. The van der Waals surface area contributed by atoms with Crippen molar-refractivity contribution in [2.24, 2.45) is 0 Å². The van der Waals surface area contributed by atoms with Gasteiger partial charge in [-0.25, -0.2) is 15.0 Å². The van der Waals surface area contributed by atoms with Gasteiger partial charge in [0.1, 0.15) is 17.2 Å². The van der Waals surface area contributed by atoms with Crippen molar-refractivity contribution in [2.45, 2.75) is 38.3 Å². The van der Waals surface area contributed by atoms with Gasteiger partial charge in [0.2, 0.25) is 5.95 Å². The number of ether oxygens (including phenoxy) is 1. The highest BCUT2D eigenvalue weighted by Crippen LogP contribution is 2.29. The molecule has 5 rings (SSSR count). The normalized spacial score (nSPS) is 19.0. The Balaban J connectivity index is 1.31. The number of aromatic nitrogens is 5. The largest absolute Gasteiger partial charge is 0.372 e. The summed E-state index contributed by atoms with van der Waals surface area (Å²) in [6, 6.07) is 4.22. The lowest BCUT2D eigenvalue weighted by atomic mass is 9.90. The fourth-order valence-corrected chi connectivity index (χ4v) is 4.25. The van der Waals surface area contributed by atoms with Crippen LogP contribution in [0.3, 0.4) is 0 Å². The molecule has 158 valence electrons. The van der Waals surface area contributed by atoms with Crippen LogP contribution in [0.15, 0.2) is 30.9 Å². The first-order valence-electron chi connectivity index (χ1n) is 10.6. The molecule has 0 amide bonds. The Labute approximate surface area is 175 Å².